The molecule has 0 aliphatic carbocycles. The molecule has 0 aromatic rings. The molecule has 1 heterocycles. The number of hydrogen-bond acceptors (Lipinski definition) is 2. The molecular formula is C20H31CoN2O2-. The predicted molar refractivity (Wildman–Crippen MR) is 98.1 cm³/mol. The van der Waals surface area contributed by atoms with Crippen LogP contribution in [0, 0.1) is 18.4 Å². The van der Waals surface area contributed by atoms with Gasteiger partial charge in [-0.05, 0) is 59.8 Å². The molecule has 0 bridgehead atoms. The van der Waals surface area contributed by atoms with Crippen molar-refractivity contribution in [2.24, 2.45) is 11.8 Å². The molecule has 2 N–H and O–H groups in total. The maximum absolute atomic E-state index is 12.4. The van der Waals surface area contributed by atoms with Crippen molar-refractivity contribution in [1.29, 1.82) is 0 Å². The van der Waals surface area contributed by atoms with Gasteiger partial charge in [-0.15, -0.1) is 0 Å². The van der Waals surface area contributed by atoms with Crippen molar-refractivity contribution in [3.63, 3.8) is 0 Å². The van der Waals surface area contributed by atoms with Gasteiger partial charge in [0.05, 0.1) is 0 Å². The minimum Gasteiger partial charge on any atom is -0.518 e. The topological polar surface area (TPSA) is 58.2 Å². The van der Waals surface area contributed by atoms with Crippen LogP contribution >= 0.6 is 0 Å². The average molecular weight is 390 g/mol. The van der Waals surface area contributed by atoms with Gasteiger partial charge in [-0.2, -0.15) is 0 Å². The maximum Gasteiger partial charge on any atom is 0.247 e. The third-order valence-electron chi connectivity index (χ3n) is 4.67. The zero-order valence-corrected chi connectivity index (χ0v) is 17.0. The van der Waals surface area contributed by atoms with E-state index in [2.05, 4.69) is 16.7 Å². The standard InChI is InChI=1S/C20H31N2O2.Co/c1-7-16(12-17-10-11-21-20(17)24)18(9-8-13(2)3)22-19(23)15(6)14(4)5;/h1,7-8,16-18H,9-12H2,2-6H3,(H,21,24)(H,22,23);/q-1;/t16-,17+,18+;/m1./s1. The van der Waals surface area contributed by atoms with E-state index in [-0.39, 0.29) is 46.5 Å². The van der Waals surface area contributed by atoms with Crippen LogP contribution in [0.1, 0.15) is 53.9 Å². The van der Waals surface area contributed by atoms with Crippen molar-refractivity contribution < 1.29 is 26.4 Å². The Kier molecular flexibility index (Phi) is 10.7. The van der Waals surface area contributed by atoms with Crippen molar-refractivity contribution in [3.8, 4) is 0 Å². The van der Waals surface area contributed by atoms with Crippen molar-refractivity contribution in [2.75, 3.05) is 6.54 Å². The van der Waals surface area contributed by atoms with E-state index in [1.165, 1.54) is 5.57 Å². The molecule has 0 saturated carbocycles. The molecule has 1 saturated heterocycles. The fourth-order valence-electron chi connectivity index (χ4n) is 2.78. The van der Waals surface area contributed by atoms with E-state index in [0.29, 0.717) is 12.8 Å². The van der Waals surface area contributed by atoms with Crippen LogP contribution in [-0.2, 0) is 26.4 Å². The summed E-state index contributed by atoms with van der Waals surface area (Å²) in [6, 6.07) is -0.111. The van der Waals surface area contributed by atoms with Crippen LogP contribution in [0.5, 0.6) is 0 Å². The number of carbonyl (C=O) groups excluding carboxylic acids is 2. The Morgan fingerprint density at radius 2 is 1.96 bits per heavy atom. The Labute approximate surface area is 162 Å². The average Bonchev–Trinajstić information content (AvgIpc) is 2.92. The second-order valence-electron chi connectivity index (χ2n) is 7.09. The fourth-order valence-corrected chi connectivity index (χ4v) is 2.78. The molecule has 0 spiro atoms. The Hall–Kier alpha value is -1.33. The normalized spacial score (nSPS) is 18.3. The van der Waals surface area contributed by atoms with Gasteiger partial charge in [0.15, 0.2) is 0 Å². The summed E-state index contributed by atoms with van der Waals surface area (Å²) in [5, 5.41) is 5.97. The van der Waals surface area contributed by atoms with Crippen molar-refractivity contribution in [1.82, 2.24) is 10.6 Å². The van der Waals surface area contributed by atoms with E-state index < -0.39 is 0 Å². The van der Waals surface area contributed by atoms with E-state index in [1.807, 2.05) is 34.6 Å². The molecule has 4 nitrogen and oxygen atoms in total. The molecular weight excluding hydrogens is 359 g/mol. The number of allylic oxidation sites excluding steroid dienone is 2. The summed E-state index contributed by atoms with van der Waals surface area (Å²) in [5.74, 6) is -0.0340. The first-order chi connectivity index (χ1) is 11.3. The zero-order chi connectivity index (χ0) is 18.3. The predicted octanol–water partition coefficient (Wildman–Crippen LogP) is 3.31. The van der Waals surface area contributed by atoms with Gasteiger partial charge in [0.2, 0.25) is 11.8 Å². The van der Waals surface area contributed by atoms with E-state index >= 15 is 0 Å². The van der Waals surface area contributed by atoms with E-state index in [4.69, 9.17) is 6.58 Å². The van der Waals surface area contributed by atoms with Gasteiger partial charge in [-0.1, -0.05) is 17.2 Å². The first-order valence-electron chi connectivity index (χ1n) is 8.67. The Morgan fingerprint density at radius 1 is 1.32 bits per heavy atom. The fraction of sp³-hybridized carbons (Fsp3) is 0.600. The van der Waals surface area contributed by atoms with Crippen molar-refractivity contribution >= 4 is 11.8 Å². The Bertz CT molecular complexity index is 544. The Morgan fingerprint density at radius 3 is 2.40 bits per heavy atom. The molecule has 0 unspecified atom stereocenters. The Balaban J connectivity index is 0.00000576. The molecule has 2 amide bonds. The number of hydrogen-bond donors (Lipinski definition) is 2. The van der Waals surface area contributed by atoms with Crippen LogP contribution in [-0.4, -0.2) is 24.4 Å². The molecule has 1 aliphatic rings. The monoisotopic (exact) mass is 390 g/mol. The van der Waals surface area contributed by atoms with E-state index in [9.17, 15) is 9.59 Å². The molecule has 3 atom stereocenters. The summed E-state index contributed by atoms with van der Waals surface area (Å²) in [4.78, 5) is 24.3. The van der Waals surface area contributed by atoms with Gasteiger partial charge in [-0.25, -0.2) is 0 Å². The van der Waals surface area contributed by atoms with Crippen LogP contribution in [0.4, 0.5) is 0 Å². The third-order valence-corrected chi connectivity index (χ3v) is 4.67. The second-order valence-corrected chi connectivity index (χ2v) is 7.09. The van der Waals surface area contributed by atoms with Crippen LogP contribution < -0.4 is 10.6 Å². The molecule has 0 aromatic carbocycles. The number of carbonyl (C=O) groups is 2. The summed E-state index contributed by atoms with van der Waals surface area (Å²) >= 11 is 0. The van der Waals surface area contributed by atoms with Crippen molar-refractivity contribution in [2.45, 2.75) is 59.9 Å². The molecule has 25 heavy (non-hydrogen) atoms. The molecule has 1 fully saturated rings. The van der Waals surface area contributed by atoms with Gasteiger partial charge < -0.3 is 17.2 Å². The summed E-state index contributed by atoms with van der Waals surface area (Å²) in [5.41, 5.74) is 2.92. The molecule has 1 aliphatic heterocycles. The minimum atomic E-state index is -0.111. The third kappa shape index (κ3) is 7.61. The van der Waals surface area contributed by atoms with Gasteiger partial charge in [-0.3, -0.25) is 15.7 Å². The summed E-state index contributed by atoms with van der Waals surface area (Å²) in [7, 11) is 0. The van der Waals surface area contributed by atoms with Crippen molar-refractivity contribution in [3.05, 3.63) is 35.5 Å². The van der Waals surface area contributed by atoms with E-state index in [0.717, 1.165) is 24.1 Å². The van der Waals surface area contributed by atoms with E-state index in [1.54, 1.807) is 6.08 Å². The number of nitrogens with one attached hydrogen (secondary N) is 2. The first-order valence-corrected chi connectivity index (χ1v) is 8.67. The second kappa shape index (κ2) is 11.3. The SMILES string of the molecule is [CH-]=C[C@H](C[C@@H]1CCNC1=O)[C@H](CC=C(C)C)NC(=O)C(C)=C(C)C.[Co]. The van der Waals surface area contributed by atoms with Gasteiger partial charge in [0.1, 0.15) is 0 Å². The molecule has 0 aromatic heterocycles. The maximum atomic E-state index is 12.4. The van der Waals surface area contributed by atoms with Crippen LogP contribution in [0.2, 0.25) is 0 Å². The van der Waals surface area contributed by atoms with Crippen LogP contribution in [0.25, 0.3) is 0 Å². The minimum absolute atomic E-state index is 0. The largest absolute Gasteiger partial charge is 0.518 e. The van der Waals surface area contributed by atoms with Crippen LogP contribution in [0.15, 0.2) is 28.9 Å². The number of amides is 2. The van der Waals surface area contributed by atoms with Gasteiger partial charge >= 0.3 is 0 Å². The summed E-state index contributed by atoms with van der Waals surface area (Å²) in [6.45, 7) is 16.3. The summed E-state index contributed by atoms with van der Waals surface area (Å²) in [6.07, 6.45) is 5.94. The van der Waals surface area contributed by atoms with Gasteiger partial charge in [0, 0.05) is 40.9 Å². The van der Waals surface area contributed by atoms with Crippen LogP contribution in [0.3, 0.4) is 0 Å². The van der Waals surface area contributed by atoms with Gasteiger partial charge in [0.25, 0.3) is 0 Å². The number of rotatable bonds is 8. The zero-order valence-electron chi connectivity index (χ0n) is 15.9. The first kappa shape index (κ1) is 23.7. The quantitative estimate of drug-likeness (QED) is 0.380. The molecule has 5 heteroatoms. The molecule has 143 valence electrons. The molecule has 1 radical (unpaired) electrons. The molecule has 1 rings (SSSR count). The smallest absolute Gasteiger partial charge is 0.247 e. The summed E-state index contributed by atoms with van der Waals surface area (Å²) < 4.78 is 0.